The van der Waals surface area contributed by atoms with Crippen molar-refractivity contribution in [2.24, 2.45) is 5.92 Å². The molecule has 1 saturated heterocycles. The molecule has 1 fully saturated rings. The molecule has 17 heavy (non-hydrogen) atoms. The molecule has 0 spiro atoms. The minimum Gasteiger partial charge on any atom is -0.465 e. The van der Waals surface area contributed by atoms with Crippen LogP contribution in [-0.2, 0) is 9.53 Å². The number of esters is 1. The van der Waals surface area contributed by atoms with Crippen molar-refractivity contribution >= 4 is 5.97 Å². The molecule has 1 N–H and O–H groups in total. The van der Waals surface area contributed by atoms with E-state index in [1.807, 2.05) is 13.8 Å². The van der Waals surface area contributed by atoms with Crippen molar-refractivity contribution in [1.29, 1.82) is 0 Å². The van der Waals surface area contributed by atoms with Crippen molar-refractivity contribution in [3.05, 3.63) is 0 Å². The lowest BCUT2D eigenvalue weighted by molar-refractivity contribution is -0.151. The van der Waals surface area contributed by atoms with Gasteiger partial charge in [0.15, 0.2) is 0 Å². The monoisotopic (exact) mass is 246 g/mol. The van der Waals surface area contributed by atoms with Crippen LogP contribution in [0.4, 0.5) is 0 Å². The van der Waals surface area contributed by atoms with Gasteiger partial charge in [-0.25, -0.2) is 0 Å². The van der Waals surface area contributed by atoms with Gasteiger partial charge in [0.25, 0.3) is 0 Å². The molecule has 0 radical (unpaired) electrons. The van der Waals surface area contributed by atoms with Crippen LogP contribution in [0.3, 0.4) is 0 Å². The highest BCUT2D eigenvalue weighted by Crippen LogP contribution is 2.10. The first-order valence-corrected chi connectivity index (χ1v) is 6.97. The predicted octanol–water partition coefficient (Wildman–Crippen LogP) is 3.54. The fourth-order valence-electron chi connectivity index (χ4n) is 1.53. The third-order valence-corrected chi connectivity index (χ3v) is 2.85. The van der Waals surface area contributed by atoms with Crippen molar-refractivity contribution < 1.29 is 14.6 Å². The molecule has 0 bridgehead atoms. The van der Waals surface area contributed by atoms with E-state index in [0.29, 0.717) is 13.0 Å². The zero-order valence-electron chi connectivity index (χ0n) is 12.2. The molecule has 3 heteroatoms. The third-order valence-electron chi connectivity index (χ3n) is 2.85. The first-order valence-electron chi connectivity index (χ1n) is 6.97. The van der Waals surface area contributed by atoms with Gasteiger partial charge >= 0.3 is 5.97 Å². The summed E-state index contributed by atoms with van der Waals surface area (Å²) in [4.78, 5) is 10.3. The SMILES string of the molecule is CC.CCC(CC)CC.O=C1CC(O)CCO1. The maximum atomic E-state index is 10.3. The molecule has 1 aliphatic heterocycles. The summed E-state index contributed by atoms with van der Waals surface area (Å²) in [7, 11) is 0. The Morgan fingerprint density at radius 1 is 1.24 bits per heavy atom. The summed E-state index contributed by atoms with van der Waals surface area (Å²) in [5.41, 5.74) is 0. The lowest BCUT2D eigenvalue weighted by atomic mass is 10.0. The molecule has 1 unspecified atom stereocenters. The number of hydrogen-bond acceptors (Lipinski definition) is 3. The Balaban J connectivity index is 0. The second-order valence-corrected chi connectivity index (χ2v) is 3.96. The Hall–Kier alpha value is -0.570. The maximum Gasteiger partial charge on any atom is 0.308 e. The highest BCUT2D eigenvalue weighted by Gasteiger charge is 2.17. The molecular formula is C14H30O3. The van der Waals surface area contributed by atoms with E-state index in [9.17, 15) is 4.79 Å². The molecule has 0 aromatic rings. The summed E-state index contributed by atoms with van der Waals surface area (Å²) in [6.07, 6.45) is 4.36. The minimum atomic E-state index is -0.462. The van der Waals surface area contributed by atoms with Crippen molar-refractivity contribution in [3.63, 3.8) is 0 Å². The van der Waals surface area contributed by atoms with E-state index in [4.69, 9.17) is 5.11 Å². The number of cyclic esters (lactones) is 1. The molecule has 0 saturated carbocycles. The van der Waals surface area contributed by atoms with Gasteiger partial charge in [-0.3, -0.25) is 4.79 Å². The van der Waals surface area contributed by atoms with Crippen LogP contribution in [0.2, 0.25) is 0 Å². The second-order valence-electron chi connectivity index (χ2n) is 3.96. The number of rotatable bonds is 3. The summed E-state index contributed by atoms with van der Waals surface area (Å²) in [6.45, 7) is 11.2. The maximum absolute atomic E-state index is 10.3. The largest absolute Gasteiger partial charge is 0.465 e. The number of aliphatic hydroxyl groups excluding tert-OH is 1. The van der Waals surface area contributed by atoms with Crippen molar-refractivity contribution in [1.82, 2.24) is 0 Å². The van der Waals surface area contributed by atoms with Crippen LogP contribution in [0.1, 0.15) is 66.7 Å². The van der Waals surface area contributed by atoms with E-state index in [0.717, 1.165) is 5.92 Å². The standard InChI is InChI=1S/C7H16.C5H8O3.C2H6/c1-4-7(5-2)6-3;6-4-1-2-8-5(7)3-4;1-2/h7H,4-6H2,1-3H3;4,6H,1-3H2;1-2H3. The van der Waals surface area contributed by atoms with Gasteiger partial charge in [-0.15, -0.1) is 0 Å². The first kappa shape index (κ1) is 18.8. The second kappa shape index (κ2) is 13.5. The summed E-state index contributed by atoms with van der Waals surface area (Å²) in [6, 6.07) is 0. The summed E-state index contributed by atoms with van der Waals surface area (Å²) >= 11 is 0. The van der Waals surface area contributed by atoms with E-state index >= 15 is 0 Å². The van der Waals surface area contributed by atoms with Crippen LogP contribution in [0.15, 0.2) is 0 Å². The summed E-state index contributed by atoms with van der Waals surface area (Å²) in [5, 5.41) is 8.78. The highest BCUT2D eigenvalue weighted by molar-refractivity contribution is 5.70. The number of aliphatic hydroxyl groups is 1. The normalized spacial score (nSPS) is 18.5. The van der Waals surface area contributed by atoms with Crippen LogP contribution < -0.4 is 0 Å². The number of hydrogen-bond donors (Lipinski definition) is 1. The molecule has 1 atom stereocenters. The average molecular weight is 246 g/mol. The van der Waals surface area contributed by atoms with Gasteiger partial charge in [0.1, 0.15) is 0 Å². The Labute approximate surface area is 107 Å². The van der Waals surface area contributed by atoms with E-state index in [2.05, 4.69) is 25.5 Å². The van der Waals surface area contributed by atoms with Gasteiger partial charge in [-0.1, -0.05) is 53.9 Å². The van der Waals surface area contributed by atoms with E-state index in [1.54, 1.807) is 0 Å². The Morgan fingerprint density at radius 2 is 1.71 bits per heavy atom. The Kier molecular flexibility index (Phi) is 14.9. The quantitative estimate of drug-likeness (QED) is 0.775. The summed E-state index contributed by atoms with van der Waals surface area (Å²) < 4.78 is 4.55. The number of carbonyl (C=O) groups excluding carboxylic acids is 1. The lowest BCUT2D eigenvalue weighted by Gasteiger charge is -2.15. The van der Waals surface area contributed by atoms with Crippen LogP contribution in [-0.4, -0.2) is 23.8 Å². The van der Waals surface area contributed by atoms with Gasteiger partial charge < -0.3 is 9.84 Å². The molecule has 1 heterocycles. The molecule has 0 aromatic carbocycles. The van der Waals surface area contributed by atoms with Gasteiger partial charge in [0.2, 0.25) is 0 Å². The number of ether oxygens (including phenoxy) is 1. The fourth-order valence-corrected chi connectivity index (χ4v) is 1.53. The van der Waals surface area contributed by atoms with E-state index in [-0.39, 0.29) is 12.4 Å². The molecule has 104 valence electrons. The Morgan fingerprint density at radius 3 is 1.88 bits per heavy atom. The van der Waals surface area contributed by atoms with E-state index in [1.165, 1.54) is 19.3 Å². The molecule has 0 aromatic heterocycles. The molecule has 0 aliphatic carbocycles. The Bertz CT molecular complexity index is 159. The van der Waals surface area contributed by atoms with Crippen molar-refractivity contribution in [2.75, 3.05) is 6.61 Å². The smallest absolute Gasteiger partial charge is 0.308 e. The molecular weight excluding hydrogens is 216 g/mol. The topological polar surface area (TPSA) is 46.5 Å². The zero-order valence-corrected chi connectivity index (χ0v) is 12.2. The first-order chi connectivity index (χ1) is 8.13. The molecule has 3 nitrogen and oxygen atoms in total. The van der Waals surface area contributed by atoms with Crippen molar-refractivity contribution in [3.8, 4) is 0 Å². The summed E-state index contributed by atoms with van der Waals surface area (Å²) in [5.74, 6) is 0.698. The van der Waals surface area contributed by atoms with Gasteiger partial charge in [-0.2, -0.15) is 0 Å². The number of carbonyl (C=O) groups is 1. The molecule has 0 amide bonds. The third kappa shape index (κ3) is 11.7. The predicted molar refractivity (Wildman–Crippen MR) is 71.9 cm³/mol. The van der Waals surface area contributed by atoms with Gasteiger partial charge in [-0.05, 0) is 5.92 Å². The highest BCUT2D eigenvalue weighted by atomic mass is 16.5. The fraction of sp³-hybridized carbons (Fsp3) is 0.929. The molecule has 1 rings (SSSR count). The van der Waals surface area contributed by atoms with E-state index < -0.39 is 6.10 Å². The van der Waals surface area contributed by atoms with Crippen molar-refractivity contribution in [2.45, 2.75) is 72.8 Å². The minimum absolute atomic E-state index is 0.167. The zero-order chi connectivity index (χ0) is 13.7. The van der Waals surface area contributed by atoms with Crippen LogP contribution in [0.5, 0.6) is 0 Å². The van der Waals surface area contributed by atoms with Crippen LogP contribution >= 0.6 is 0 Å². The van der Waals surface area contributed by atoms with Gasteiger partial charge in [0.05, 0.1) is 19.1 Å². The van der Waals surface area contributed by atoms with Crippen LogP contribution in [0, 0.1) is 5.92 Å². The average Bonchev–Trinajstić information content (AvgIpc) is 2.34. The lowest BCUT2D eigenvalue weighted by Crippen LogP contribution is -2.24. The van der Waals surface area contributed by atoms with Crippen LogP contribution in [0.25, 0.3) is 0 Å². The van der Waals surface area contributed by atoms with Gasteiger partial charge in [0, 0.05) is 6.42 Å². The molecule has 1 aliphatic rings.